The van der Waals surface area contributed by atoms with Crippen LogP contribution in [0.5, 0.6) is 40.2 Å². The number of allylic oxidation sites excluding steroid dienone is 6. The Labute approximate surface area is 314 Å². The number of carbonyl (C=O) groups is 1. The van der Waals surface area contributed by atoms with E-state index >= 15 is 4.79 Å². The number of carbonyl (C=O) groups excluding carboxylic acids is 1. The normalized spacial score (nSPS) is 23.9. The number of hydrogen-bond acceptors (Lipinski definition) is 9. The van der Waals surface area contributed by atoms with Crippen molar-refractivity contribution in [1.29, 1.82) is 0 Å². The number of benzene rings is 4. The zero-order valence-electron chi connectivity index (χ0n) is 31.2. The number of fused-ring (bicyclic) bond motifs is 6. The number of rotatable bonds is 7. The second-order valence-corrected chi connectivity index (χ2v) is 15.5. The summed E-state index contributed by atoms with van der Waals surface area (Å²) in [7, 11) is 0. The van der Waals surface area contributed by atoms with Crippen molar-refractivity contribution in [2.75, 3.05) is 0 Å². The molecule has 9 nitrogen and oxygen atoms in total. The second-order valence-electron chi connectivity index (χ2n) is 15.5. The Hall–Kier alpha value is -5.67. The molecule has 0 aromatic heterocycles. The fraction of sp³-hybridized carbons (Fsp3) is 0.311. The predicted octanol–water partition coefficient (Wildman–Crippen LogP) is 8.90. The first-order chi connectivity index (χ1) is 25.7. The fourth-order valence-electron chi connectivity index (χ4n) is 8.35. The van der Waals surface area contributed by atoms with Gasteiger partial charge in [0.05, 0.1) is 5.56 Å². The Morgan fingerprint density at radius 2 is 1.35 bits per heavy atom. The second kappa shape index (κ2) is 12.7. The van der Waals surface area contributed by atoms with Gasteiger partial charge >= 0.3 is 0 Å². The van der Waals surface area contributed by atoms with Crippen LogP contribution in [0.25, 0.3) is 0 Å². The fourth-order valence-corrected chi connectivity index (χ4v) is 8.35. The summed E-state index contributed by atoms with van der Waals surface area (Å²) in [5.41, 5.74) is 5.38. The van der Waals surface area contributed by atoms with Crippen molar-refractivity contribution in [3.63, 3.8) is 0 Å². The SMILES string of the molecule is CC(C)=CCc1cc([C@]23Oc4cc(O)c(CC=C(C)C)cc4C(=O)[C@H]2[C@H]2c4ccc(O)cc4O[C@@H]4Oc5c(ccc(O)c5CC=C(C)C)[C@@]42O3)ccc1O. The van der Waals surface area contributed by atoms with Crippen LogP contribution in [0.3, 0.4) is 0 Å². The highest BCUT2D eigenvalue weighted by molar-refractivity contribution is 6.03. The van der Waals surface area contributed by atoms with Crippen molar-refractivity contribution in [2.24, 2.45) is 5.92 Å². The van der Waals surface area contributed by atoms with Gasteiger partial charge in [-0.25, -0.2) is 0 Å². The number of hydrogen-bond donors (Lipinski definition) is 4. The van der Waals surface area contributed by atoms with Gasteiger partial charge in [-0.2, -0.15) is 0 Å². The molecule has 0 radical (unpaired) electrons. The molecule has 8 rings (SSSR count). The van der Waals surface area contributed by atoms with Crippen molar-refractivity contribution >= 4 is 5.78 Å². The van der Waals surface area contributed by atoms with Crippen LogP contribution in [0.4, 0.5) is 0 Å². The lowest BCUT2D eigenvalue weighted by atomic mass is 9.66. The highest BCUT2D eigenvalue weighted by Crippen LogP contribution is 2.71. The maximum atomic E-state index is 15.5. The van der Waals surface area contributed by atoms with Crippen LogP contribution in [0.15, 0.2) is 95.6 Å². The van der Waals surface area contributed by atoms with Gasteiger partial charge in [-0.1, -0.05) is 41.0 Å². The van der Waals surface area contributed by atoms with Gasteiger partial charge in [0.1, 0.15) is 46.2 Å². The van der Waals surface area contributed by atoms with E-state index in [1.54, 1.807) is 48.5 Å². The molecule has 5 atom stereocenters. The van der Waals surface area contributed by atoms with Crippen molar-refractivity contribution in [2.45, 2.75) is 84.4 Å². The van der Waals surface area contributed by atoms with Gasteiger partial charge in [-0.15, -0.1) is 0 Å². The van der Waals surface area contributed by atoms with Crippen molar-refractivity contribution in [1.82, 2.24) is 0 Å². The molecule has 0 amide bonds. The van der Waals surface area contributed by atoms with Gasteiger partial charge < -0.3 is 39.4 Å². The van der Waals surface area contributed by atoms with Crippen LogP contribution in [-0.2, 0) is 35.4 Å². The minimum Gasteiger partial charge on any atom is -0.508 e. The first-order valence-corrected chi connectivity index (χ1v) is 18.3. The van der Waals surface area contributed by atoms with E-state index in [1.165, 1.54) is 12.1 Å². The molecule has 1 spiro atoms. The van der Waals surface area contributed by atoms with Gasteiger partial charge in [0, 0.05) is 40.3 Å². The predicted molar refractivity (Wildman–Crippen MR) is 203 cm³/mol. The maximum Gasteiger partial charge on any atom is 0.275 e. The first-order valence-electron chi connectivity index (χ1n) is 18.3. The van der Waals surface area contributed by atoms with E-state index in [4.69, 9.17) is 18.9 Å². The molecule has 4 heterocycles. The molecule has 0 bridgehead atoms. The summed E-state index contributed by atoms with van der Waals surface area (Å²) in [5, 5.41) is 44.1. The standard InChI is InChI=1S/C45H44O9/c1-23(2)7-10-26-19-28(12-17-34(26)47)45-40(41(50)32-20-27(11-8-24(3)4)36(49)22-38(32)53-45)39-31-15-13-29(46)21-37(31)51-43-44(39,54-45)33-16-18-35(48)30(42(33)52-43)14-9-25(5)6/h7-9,12-13,15-22,39-40,43,46-49H,10-11,14H2,1-6H3/t39-,40-,43-,44+,45-/m1/s1. The van der Waals surface area contributed by atoms with Gasteiger partial charge in [-0.3, -0.25) is 4.79 Å². The van der Waals surface area contributed by atoms with Crippen molar-refractivity contribution < 1.29 is 44.2 Å². The molecule has 4 aromatic rings. The van der Waals surface area contributed by atoms with E-state index in [-0.39, 0.29) is 34.5 Å². The molecule has 0 aliphatic carbocycles. The first kappa shape index (κ1) is 35.4. The number of phenols is 4. The Morgan fingerprint density at radius 1 is 0.685 bits per heavy atom. The van der Waals surface area contributed by atoms with Gasteiger partial charge in [-0.05, 0) is 114 Å². The number of ether oxygens (including phenoxy) is 4. The molecular weight excluding hydrogens is 684 g/mol. The quantitative estimate of drug-likeness (QED) is 0.138. The van der Waals surface area contributed by atoms with Crippen LogP contribution in [0.2, 0.25) is 0 Å². The lowest BCUT2D eigenvalue weighted by Crippen LogP contribution is -2.49. The summed E-state index contributed by atoms with van der Waals surface area (Å²) in [4.78, 5) is 15.5. The monoisotopic (exact) mass is 728 g/mol. The average molecular weight is 729 g/mol. The van der Waals surface area contributed by atoms with Gasteiger partial charge in [0.2, 0.25) is 5.79 Å². The van der Waals surface area contributed by atoms with Crippen LogP contribution >= 0.6 is 0 Å². The Bertz CT molecular complexity index is 2320. The van der Waals surface area contributed by atoms with E-state index in [9.17, 15) is 20.4 Å². The highest BCUT2D eigenvalue weighted by atomic mass is 16.8. The van der Waals surface area contributed by atoms with Crippen molar-refractivity contribution in [3.8, 4) is 40.2 Å². The number of Topliss-reactive ketones (excluding diaryl/α,β-unsaturated/α-hetero) is 1. The largest absolute Gasteiger partial charge is 0.508 e. The molecule has 54 heavy (non-hydrogen) atoms. The molecular formula is C45H44O9. The van der Waals surface area contributed by atoms with Gasteiger partial charge in [0.25, 0.3) is 6.29 Å². The Morgan fingerprint density at radius 3 is 2.06 bits per heavy atom. The molecule has 0 unspecified atom stereocenters. The number of phenolic OH excluding ortho intramolecular Hbond substituents is 4. The maximum absolute atomic E-state index is 15.5. The van der Waals surface area contributed by atoms with Gasteiger partial charge in [0.15, 0.2) is 11.4 Å². The summed E-state index contributed by atoms with van der Waals surface area (Å²) < 4.78 is 27.7. The third kappa shape index (κ3) is 5.36. The summed E-state index contributed by atoms with van der Waals surface area (Å²) in [6, 6.07) is 16.4. The third-order valence-corrected chi connectivity index (χ3v) is 11.0. The molecule has 4 aromatic carbocycles. The third-order valence-electron chi connectivity index (χ3n) is 11.0. The molecule has 9 heteroatoms. The summed E-state index contributed by atoms with van der Waals surface area (Å²) in [6.07, 6.45) is 6.02. The van der Waals surface area contributed by atoms with E-state index in [0.29, 0.717) is 69.7 Å². The zero-order chi connectivity index (χ0) is 38.3. The van der Waals surface area contributed by atoms with Crippen LogP contribution in [-0.4, -0.2) is 32.5 Å². The lowest BCUT2D eigenvalue weighted by Gasteiger charge is -2.40. The summed E-state index contributed by atoms with van der Waals surface area (Å²) in [6.45, 7) is 11.9. The topological polar surface area (TPSA) is 135 Å². The Kier molecular flexibility index (Phi) is 8.34. The van der Waals surface area contributed by atoms with Crippen LogP contribution < -0.4 is 14.2 Å². The van der Waals surface area contributed by atoms with Crippen LogP contribution in [0.1, 0.15) is 91.2 Å². The van der Waals surface area contributed by atoms with Crippen LogP contribution in [0, 0.1) is 5.92 Å². The summed E-state index contributed by atoms with van der Waals surface area (Å²) >= 11 is 0. The number of aromatic hydroxyl groups is 4. The van der Waals surface area contributed by atoms with E-state index in [0.717, 1.165) is 16.7 Å². The smallest absolute Gasteiger partial charge is 0.275 e. The molecule has 4 aliphatic rings. The highest BCUT2D eigenvalue weighted by Gasteiger charge is 2.77. The van der Waals surface area contributed by atoms with E-state index < -0.39 is 29.5 Å². The Balaban J connectivity index is 1.42. The lowest BCUT2D eigenvalue weighted by molar-refractivity contribution is -0.268. The van der Waals surface area contributed by atoms with E-state index in [1.807, 2.05) is 59.8 Å². The molecule has 4 N–H and O–H groups in total. The average Bonchev–Trinajstić information content (AvgIpc) is 3.60. The molecule has 0 saturated carbocycles. The molecule has 1 fully saturated rings. The molecule has 278 valence electrons. The minimum absolute atomic E-state index is 0.0212. The minimum atomic E-state index is -1.82. The van der Waals surface area contributed by atoms with E-state index in [2.05, 4.69) is 0 Å². The number of ketones is 1. The molecule has 4 aliphatic heterocycles. The zero-order valence-corrected chi connectivity index (χ0v) is 31.2. The van der Waals surface area contributed by atoms with Crippen molar-refractivity contribution in [3.05, 3.63) is 135 Å². The summed E-state index contributed by atoms with van der Waals surface area (Å²) in [5.74, 6) is -2.99. The molecule has 1 saturated heterocycles.